The van der Waals surface area contributed by atoms with Gasteiger partial charge in [-0.2, -0.15) is 0 Å². The third-order valence-corrected chi connectivity index (χ3v) is 3.05. The Morgan fingerprint density at radius 1 is 1.30 bits per heavy atom. The van der Waals surface area contributed by atoms with Crippen molar-refractivity contribution in [2.24, 2.45) is 11.8 Å². The molecule has 2 nitrogen and oxygen atoms in total. The van der Waals surface area contributed by atoms with Crippen molar-refractivity contribution < 1.29 is 0 Å². The zero-order valence-electron chi connectivity index (χ0n) is 6.80. The fourth-order valence-corrected chi connectivity index (χ4v) is 2.59. The lowest BCUT2D eigenvalue weighted by Gasteiger charge is -2.52. The van der Waals surface area contributed by atoms with Crippen LogP contribution in [0.25, 0.3) is 0 Å². The molecule has 3 rings (SSSR count). The first-order valence-corrected chi connectivity index (χ1v) is 4.17. The normalized spacial score (nSPS) is 46.8. The van der Waals surface area contributed by atoms with Crippen LogP contribution in [0.2, 0.25) is 0 Å². The van der Waals surface area contributed by atoms with Crippen molar-refractivity contribution in [3.05, 3.63) is 0 Å². The lowest BCUT2D eigenvalue weighted by molar-refractivity contribution is 0.00160. The van der Waals surface area contributed by atoms with Gasteiger partial charge in [0.05, 0.1) is 0 Å². The number of nitrogens with one attached hydrogen (secondary N) is 1. The molecule has 3 aliphatic rings. The van der Waals surface area contributed by atoms with E-state index in [0.717, 1.165) is 17.9 Å². The number of hydrogen-bond acceptors (Lipinski definition) is 2. The topological polar surface area (TPSA) is 15.3 Å². The molecule has 2 heterocycles. The largest absolute Gasteiger partial charge is 0.316 e. The van der Waals surface area contributed by atoms with Gasteiger partial charge in [0.1, 0.15) is 0 Å². The fourth-order valence-electron chi connectivity index (χ4n) is 2.59. The van der Waals surface area contributed by atoms with Crippen LogP contribution in [-0.2, 0) is 0 Å². The Hall–Kier alpha value is -0.0800. The van der Waals surface area contributed by atoms with Crippen LogP contribution in [0.1, 0.15) is 6.42 Å². The highest BCUT2D eigenvalue weighted by Gasteiger charge is 2.44. The first kappa shape index (κ1) is 6.62. The standard InChI is InChI=1S/C8H16N2/c1-9-8-6-3-7(8)5-10(2)4-6/h6-9H,3-5H2,1-2H3/t6-,7+,8-. The van der Waals surface area contributed by atoms with E-state index in [1.165, 1.54) is 19.5 Å². The Morgan fingerprint density at radius 2 is 1.90 bits per heavy atom. The molecule has 3 fully saturated rings. The minimum Gasteiger partial charge on any atom is -0.316 e. The molecule has 1 saturated carbocycles. The van der Waals surface area contributed by atoms with Crippen molar-refractivity contribution in [3.63, 3.8) is 0 Å². The summed E-state index contributed by atoms with van der Waals surface area (Å²) in [5, 5.41) is 3.40. The molecule has 0 amide bonds. The van der Waals surface area contributed by atoms with Gasteiger partial charge in [0.15, 0.2) is 0 Å². The van der Waals surface area contributed by atoms with E-state index >= 15 is 0 Å². The second-order valence-electron chi connectivity index (χ2n) is 3.79. The summed E-state index contributed by atoms with van der Waals surface area (Å²) >= 11 is 0. The van der Waals surface area contributed by atoms with Crippen molar-refractivity contribution in [2.45, 2.75) is 12.5 Å². The Balaban J connectivity index is 1.96. The Bertz CT molecular complexity index is 123. The average molecular weight is 140 g/mol. The van der Waals surface area contributed by atoms with Gasteiger partial charge >= 0.3 is 0 Å². The number of rotatable bonds is 1. The summed E-state index contributed by atoms with van der Waals surface area (Å²) in [4.78, 5) is 2.45. The highest BCUT2D eigenvalue weighted by atomic mass is 15.1. The van der Waals surface area contributed by atoms with Gasteiger partial charge in [-0.3, -0.25) is 0 Å². The summed E-state index contributed by atoms with van der Waals surface area (Å²) < 4.78 is 0. The van der Waals surface area contributed by atoms with Crippen LogP contribution in [-0.4, -0.2) is 38.1 Å². The minimum absolute atomic E-state index is 0.844. The maximum Gasteiger partial charge on any atom is 0.0145 e. The van der Waals surface area contributed by atoms with E-state index < -0.39 is 0 Å². The van der Waals surface area contributed by atoms with Gasteiger partial charge in [-0.15, -0.1) is 0 Å². The molecule has 2 aliphatic heterocycles. The molecular weight excluding hydrogens is 124 g/mol. The van der Waals surface area contributed by atoms with Crippen LogP contribution in [0.15, 0.2) is 0 Å². The molecule has 2 heteroatoms. The molecule has 0 aromatic carbocycles. The molecule has 10 heavy (non-hydrogen) atoms. The van der Waals surface area contributed by atoms with E-state index in [1.807, 2.05) is 0 Å². The van der Waals surface area contributed by atoms with Gasteiger partial charge in [0.2, 0.25) is 0 Å². The molecule has 2 saturated heterocycles. The average Bonchev–Trinajstić information content (AvgIpc) is 1.87. The maximum absolute atomic E-state index is 3.40. The molecular formula is C8H16N2. The summed E-state index contributed by atoms with van der Waals surface area (Å²) in [6.07, 6.45) is 1.47. The molecule has 2 bridgehead atoms. The van der Waals surface area contributed by atoms with Crippen LogP contribution in [0.5, 0.6) is 0 Å². The zero-order chi connectivity index (χ0) is 7.14. The fraction of sp³-hybridized carbons (Fsp3) is 1.00. The molecule has 0 aromatic heterocycles. The van der Waals surface area contributed by atoms with Crippen molar-refractivity contribution >= 4 is 0 Å². The summed E-state index contributed by atoms with van der Waals surface area (Å²) in [6, 6.07) is 0.844. The molecule has 58 valence electrons. The Labute approximate surface area is 62.6 Å². The van der Waals surface area contributed by atoms with Gasteiger partial charge in [0, 0.05) is 19.1 Å². The quantitative estimate of drug-likeness (QED) is 0.558. The first-order chi connectivity index (χ1) is 4.81. The van der Waals surface area contributed by atoms with Gasteiger partial charge < -0.3 is 10.2 Å². The van der Waals surface area contributed by atoms with Gasteiger partial charge in [0.25, 0.3) is 0 Å². The predicted molar refractivity (Wildman–Crippen MR) is 41.9 cm³/mol. The second kappa shape index (κ2) is 2.21. The number of piperidine rings is 2. The summed E-state index contributed by atoms with van der Waals surface area (Å²) in [7, 11) is 4.32. The van der Waals surface area contributed by atoms with Gasteiger partial charge in [-0.05, 0) is 32.4 Å². The predicted octanol–water partition coefficient (Wildman–Crippen LogP) is 0.156. The van der Waals surface area contributed by atoms with E-state index in [0.29, 0.717) is 0 Å². The third-order valence-electron chi connectivity index (χ3n) is 3.05. The minimum atomic E-state index is 0.844. The molecule has 1 N–H and O–H groups in total. The summed E-state index contributed by atoms with van der Waals surface area (Å²) in [5.74, 6) is 1.91. The Kier molecular flexibility index (Phi) is 1.46. The van der Waals surface area contributed by atoms with E-state index in [9.17, 15) is 0 Å². The lowest BCUT2D eigenvalue weighted by Crippen LogP contribution is -2.61. The first-order valence-electron chi connectivity index (χ1n) is 4.17. The van der Waals surface area contributed by atoms with Crippen LogP contribution in [0.3, 0.4) is 0 Å². The van der Waals surface area contributed by atoms with Crippen LogP contribution < -0.4 is 5.32 Å². The lowest BCUT2D eigenvalue weighted by atomic mass is 9.66. The van der Waals surface area contributed by atoms with Crippen molar-refractivity contribution in [1.29, 1.82) is 0 Å². The highest BCUT2D eigenvalue weighted by Crippen LogP contribution is 2.38. The zero-order valence-corrected chi connectivity index (χ0v) is 6.80. The molecule has 0 unspecified atom stereocenters. The molecule has 0 radical (unpaired) electrons. The maximum atomic E-state index is 3.40. The summed E-state index contributed by atoms with van der Waals surface area (Å²) in [5.41, 5.74) is 0. The van der Waals surface area contributed by atoms with Crippen molar-refractivity contribution in [1.82, 2.24) is 10.2 Å². The van der Waals surface area contributed by atoms with E-state index in [2.05, 4.69) is 24.3 Å². The van der Waals surface area contributed by atoms with E-state index in [1.54, 1.807) is 0 Å². The monoisotopic (exact) mass is 140 g/mol. The Morgan fingerprint density at radius 3 is 2.40 bits per heavy atom. The molecule has 0 spiro atoms. The van der Waals surface area contributed by atoms with E-state index in [-0.39, 0.29) is 0 Å². The number of nitrogens with zero attached hydrogens (tertiary/aromatic N) is 1. The summed E-state index contributed by atoms with van der Waals surface area (Å²) in [6.45, 7) is 2.62. The third kappa shape index (κ3) is 0.789. The molecule has 0 aromatic rings. The number of hydrogen-bond donors (Lipinski definition) is 1. The van der Waals surface area contributed by atoms with Crippen molar-refractivity contribution in [3.8, 4) is 0 Å². The van der Waals surface area contributed by atoms with Gasteiger partial charge in [-0.25, -0.2) is 0 Å². The van der Waals surface area contributed by atoms with Crippen LogP contribution in [0.4, 0.5) is 0 Å². The second-order valence-corrected chi connectivity index (χ2v) is 3.79. The number of fused-ring (bicyclic) bond motifs is 2. The van der Waals surface area contributed by atoms with Gasteiger partial charge in [-0.1, -0.05) is 0 Å². The smallest absolute Gasteiger partial charge is 0.0145 e. The highest BCUT2D eigenvalue weighted by molar-refractivity contribution is 5.00. The van der Waals surface area contributed by atoms with Crippen LogP contribution in [0, 0.1) is 11.8 Å². The van der Waals surface area contributed by atoms with E-state index in [4.69, 9.17) is 0 Å². The van der Waals surface area contributed by atoms with Crippen molar-refractivity contribution in [2.75, 3.05) is 27.2 Å². The SMILES string of the molecule is CN[C@@H]1[C@@H]2C[C@H]1CN(C)C2. The van der Waals surface area contributed by atoms with Crippen LogP contribution >= 0.6 is 0 Å². The molecule has 3 atom stereocenters. The molecule has 1 aliphatic carbocycles.